The van der Waals surface area contributed by atoms with E-state index < -0.39 is 0 Å². The number of pyridine rings is 1. The molecular formula is C20H27IN4OS. The largest absolute Gasteiger partial charge is 0.487 e. The van der Waals surface area contributed by atoms with E-state index in [1.165, 1.54) is 18.6 Å². The van der Waals surface area contributed by atoms with E-state index >= 15 is 0 Å². The van der Waals surface area contributed by atoms with E-state index in [9.17, 15) is 0 Å². The Labute approximate surface area is 182 Å². The van der Waals surface area contributed by atoms with Crippen molar-refractivity contribution < 1.29 is 4.74 Å². The highest BCUT2D eigenvalue weighted by Crippen LogP contribution is 2.25. The molecule has 146 valence electrons. The molecule has 0 bridgehead atoms. The minimum absolute atomic E-state index is 0. The number of nitrogens with one attached hydrogen (secondary N) is 2. The highest BCUT2D eigenvalue weighted by atomic mass is 127. The number of guanidine groups is 1. The number of aromatic nitrogens is 1. The van der Waals surface area contributed by atoms with Gasteiger partial charge >= 0.3 is 0 Å². The molecule has 0 saturated carbocycles. The van der Waals surface area contributed by atoms with Crippen molar-refractivity contribution in [2.75, 3.05) is 19.3 Å². The van der Waals surface area contributed by atoms with Crippen molar-refractivity contribution in [1.29, 1.82) is 0 Å². The van der Waals surface area contributed by atoms with Crippen LogP contribution in [0.25, 0.3) is 0 Å². The lowest BCUT2D eigenvalue weighted by molar-refractivity contribution is 0.301. The quantitative estimate of drug-likeness (QED) is 0.345. The summed E-state index contributed by atoms with van der Waals surface area (Å²) >= 11 is 2.05. The Kier molecular flexibility index (Phi) is 9.75. The molecule has 3 rings (SSSR count). The molecule has 1 fully saturated rings. The summed E-state index contributed by atoms with van der Waals surface area (Å²) in [6.45, 7) is 2.15. The lowest BCUT2D eigenvalue weighted by atomic mass is 10.2. The molecule has 1 saturated heterocycles. The van der Waals surface area contributed by atoms with Crippen LogP contribution in [0.2, 0.25) is 0 Å². The molecule has 2 aromatic rings. The third-order valence-electron chi connectivity index (χ3n) is 4.22. The Bertz CT molecular complexity index is 708. The third kappa shape index (κ3) is 7.57. The number of hydrogen-bond donors (Lipinski definition) is 2. The number of aliphatic imine (C=N–C) groups is 1. The zero-order chi connectivity index (χ0) is 18.0. The normalized spacial score (nSPS) is 16.5. The molecule has 0 spiro atoms. The molecule has 2 heterocycles. The second-order valence-corrected chi connectivity index (χ2v) is 7.61. The van der Waals surface area contributed by atoms with Gasteiger partial charge in [-0.3, -0.25) is 9.98 Å². The Morgan fingerprint density at radius 3 is 2.93 bits per heavy atom. The van der Waals surface area contributed by atoms with E-state index in [4.69, 9.17) is 4.74 Å². The van der Waals surface area contributed by atoms with E-state index in [-0.39, 0.29) is 24.0 Å². The standard InChI is InChI=1S/C20H26N4OS.HI/c1-21-20(24-14-19-9-5-11-26-19)23-13-16-6-4-8-18(12-16)25-15-17-7-2-3-10-22-17;/h2-4,6-8,10,12,19H,5,9,11,13-15H2,1H3,(H2,21,23,24);1H. The number of benzene rings is 1. The second kappa shape index (κ2) is 12.1. The number of halogens is 1. The molecule has 1 aromatic carbocycles. The smallest absolute Gasteiger partial charge is 0.191 e. The van der Waals surface area contributed by atoms with Gasteiger partial charge in [0.05, 0.1) is 5.69 Å². The number of thioether (sulfide) groups is 1. The highest BCUT2D eigenvalue weighted by Gasteiger charge is 2.15. The van der Waals surface area contributed by atoms with Crippen LogP contribution in [0.1, 0.15) is 24.1 Å². The zero-order valence-electron chi connectivity index (χ0n) is 15.6. The van der Waals surface area contributed by atoms with Gasteiger partial charge in [0.2, 0.25) is 0 Å². The van der Waals surface area contributed by atoms with Gasteiger partial charge in [-0.15, -0.1) is 24.0 Å². The first-order valence-corrected chi connectivity index (χ1v) is 10.1. The molecule has 1 aromatic heterocycles. The lowest BCUT2D eigenvalue weighted by Gasteiger charge is -2.15. The topological polar surface area (TPSA) is 58.5 Å². The predicted molar refractivity (Wildman–Crippen MR) is 124 cm³/mol. The van der Waals surface area contributed by atoms with Gasteiger partial charge in [-0.2, -0.15) is 11.8 Å². The van der Waals surface area contributed by atoms with Crippen LogP contribution >= 0.6 is 35.7 Å². The fraction of sp³-hybridized carbons (Fsp3) is 0.400. The number of ether oxygens (including phenoxy) is 1. The van der Waals surface area contributed by atoms with Crippen LogP contribution in [0.3, 0.4) is 0 Å². The summed E-state index contributed by atoms with van der Waals surface area (Å²) in [5, 5.41) is 7.50. The Morgan fingerprint density at radius 2 is 2.19 bits per heavy atom. The van der Waals surface area contributed by atoms with Gasteiger partial charge in [0, 0.05) is 31.6 Å². The fourth-order valence-electron chi connectivity index (χ4n) is 2.81. The number of hydrogen-bond acceptors (Lipinski definition) is 4. The maximum absolute atomic E-state index is 5.84. The van der Waals surface area contributed by atoms with Gasteiger partial charge < -0.3 is 15.4 Å². The van der Waals surface area contributed by atoms with Crippen molar-refractivity contribution in [3.8, 4) is 5.75 Å². The summed E-state index contributed by atoms with van der Waals surface area (Å²) in [5.41, 5.74) is 2.08. The highest BCUT2D eigenvalue weighted by molar-refractivity contribution is 14.0. The van der Waals surface area contributed by atoms with Gasteiger partial charge in [0.15, 0.2) is 5.96 Å². The van der Waals surface area contributed by atoms with E-state index in [0.29, 0.717) is 18.4 Å². The van der Waals surface area contributed by atoms with Gasteiger partial charge in [0.25, 0.3) is 0 Å². The van der Waals surface area contributed by atoms with Crippen molar-refractivity contribution in [1.82, 2.24) is 15.6 Å². The summed E-state index contributed by atoms with van der Waals surface area (Å²) < 4.78 is 5.84. The Balaban J connectivity index is 0.00000261. The van der Waals surface area contributed by atoms with Crippen LogP contribution in [0.4, 0.5) is 0 Å². The predicted octanol–water partition coefficient (Wildman–Crippen LogP) is 3.84. The molecule has 1 unspecified atom stereocenters. The fourth-order valence-corrected chi connectivity index (χ4v) is 4.01. The molecule has 5 nitrogen and oxygen atoms in total. The summed E-state index contributed by atoms with van der Waals surface area (Å²) in [6.07, 6.45) is 4.40. The minimum Gasteiger partial charge on any atom is -0.487 e. The molecule has 0 radical (unpaired) electrons. The van der Waals surface area contributed by atoms with Gasteiger partial charge in [-0.25, -0.2) is 0 Å². The number of nitrogens with zero attached hydrogens (tertiary/aromatic N) is 2. The van der Waals surface area contributed by atoms with Crippen molar-refractivity contribution in [3.05, 3.63) is 59.9 Å². The number of rotatable bonds is 7. The van der Waals surface area contributed by atoms with Crippen molar-refractivity contribution >= 4 is 41.7 Å². The lowest BCUT2D eigenvalue weighted by Crippen LogP contribution is -2.39. The first kappa shape index (κ1) is 21.8. The summed E-state index contributed by atoms with van der Waals surface area (Å²) in [6, 6.07) is 13.9. The summed E-state index contributed by atoms with van der Waals surface area (Å²) in [7, 11) is 1.81. The average molecular weight is 498 g/mol. The van der Waals surface area contributed by atoms with E-state index in [0.717, 1.165) is 29.5 Å². The van der Waals surface area contributed by atoms with Crippen LogP contribution in [0, 0.1) is 0 Å². The molecule has 7 heteroatoms. The maximum atomic E-state index is 5.84. The first-order chi connectivity index (χ1) is 12.8. The van der Waals surface area contributed by atoms with Crippen molar-refractivity contribution in [2.45, 2.75) is 31.2 Å². The summed E-state index contributed by atoms with van der Waals surface area (Å²) in [5.74, 6) is 2.97. The zero-order valence-corrected chi connectivity index (χ0v) is 18.7. The molecule has 1 aliphatic rings. The van der Waals surface area contributed by atoms with Crippen LogP contribution in [0.5, 0.6) is 5.75 Å². The molecular weight excluding hydrogens is 471 g/mol. The van der Waals surface area contributed by atoms with Gasteiger partial charge in [-0.05, 0) is 48.4 Å². The first-order valence-electron chi connectivity index (χ1n) is 9.01. The minimum atomic E-state index is 0. The summed E-state index contributed by atoms with van der Waals surface area (Å²) in [4.78, 5) is 8.58. The Hall–Kier alpha value is -1.48. The van der Waals surface area contributed by atoms with Gasteiger partial charge in [-0.1, -0.05) is 18.2 Å². The maximum Gasteiger partial charge on any atom is 0.191 e. The molecule has 0 amide bonds. The molecule has 2 N–H and O–H groups in total. The molecule has 27 heavy (non-hydrogen) atoms. The van der Waals surface area contributed by atoms with Crippen LogP contribution in [-0.2, 0) is 13.2 Å². The van der Waals surface area contributed by atoms with E-state index in [1.54, 1.807) is 6.20 Å². The van der Waals surface area contributed by atoms with Crippen molar-refractivity contribution in [3.63, 3.8) is 0 Å². The molecule has 1 atom stereocenters. The SMILES string of the molecule is CN=C(NCc1cccc(OCc2ccccn2)c1)NCC1CCCS1.I. The molecule has 1 aliphatic heterocycles. The monoisotopic (exact) mass is 498 g/mol. The van der Waals surface area contributed by atoms with E-state index in [2.05, 4.69) is 32.7 Å². The van der Waals surface area contributed by atoms with Crippen LogP contribution in [0.15, 0.2) is 53.7 Å². The van der Waals surface area contributed by atoms with E-state index in [1.807, 2.05) is 49.1 Å². The molecule has 0 aliphatic carbocycles. The Morgan fingerprint density at radius 1 is 1.26 bits per heavy atom. The van der Waals surface area contributed by atoms with Gasteiger partial charge in [0.1, 0.15) is 12.4 Å². The van der Waals surface area contributed by atoms with Crippen LogP contribution < -0.4 is 15.4 Å². The second-order valence-electron chi connectivity index (χ2n) is 6.20. The van der Waals surface area contributed by atoms with Crippen molar-refractivity contribution in [2.24, 2.45) is 4.99 Å². The van der Waals surface area contributed by atoms with Crippen LogP contribution in [-0.4, -0.2) is 35.5 Å². The third-order valence-corrected chi connectivity index (χ3v) is 5.61. The average Bonchev–Trinajstić information content (AvgIpc) is 3.21.